The number of carbonyl (C=O) groups excluding carboxylic acids is 1. The van der Waals surface area contributed by atoms with Crippen LogP contribution >= 0.6 is 0 Å². The van der Waals surface area contributed by atoms with Crippen molar-refractivity contribution >= 4 is 11.7 Å². The Morgan fingerprint density at radius 2 is 2.00 bits per heavy atom. The highest BCUT2D eigenvalue weighted by Gasteiger charge is 2.15. The van der Waals surface area contributed by atoms with Gasteiger partial charge in [0.2, 0.25) is 0 Å². The molecule has 19 heavy (non-hydrogen) atoms. The number of anilines is 1. The second-order valence-corrected chi connectivity index (χ2v) is 4.20. The number of para-hydroxylation sites is 1. The van der Waals surface area contributed by atoms with Crippen LogP contribution in [0.5, 0.6) is 5.75 Å². The maximum atomic E-state index is 11.9. The number of carbonyl (C=O) groups is 1. The van der Waals surface area contributed by atoms with Crippen molar-refractivity contribution in [3.05, 3.63) is 23.8 Å². The van der Waals surface area contributed by atoms with E-state index in [0.29, 0.717) is 23.6 Å². The molecule has 0 fully saturated rings. The first-order valence-electron chi connectivity index (χ1n) is 6.41. The van der Waals surface area contributed by atoms with Gasteiger partial charge in [0, 0.05) is 6.61 Å². The Labute approximate surface area is 113 Å². The summed E-state index contributed by atoms with van der Waals surface area (Å²) < 4.78 is 10.3. The number of unbranched alkanes of at least 4 members (excludes halogenated alkanes) is 3. The molecule has 1 aromatic rings. The Balaban J connectivity index is 2.43. The third-order valence-electron chi connectivity index (χ3n) is 2.76. The number of esters is 1. The molecule has 0 radical (unpaired) electrons. The summed E-state index contributed by atoms with van der Waals surface area (Å²) >= 11 is 0. The number of nitrogens with two attached hydrogens (primary N) is 1. The Morgan fingerprint density at radius 1 is 1.26 bits per heavy atom. The third kappa shape index (κ3) is 4.79. The van der Waals surface area contributed by atoms with E-state index in [1.807, 2.05) is 0 Å². The second kappa shape index (κ2) is 8.37. The molecule has 0 aliphatic heterocycles. The molecule has 0 spiro atoms. The number of benzene rings is 1. The molecule has 0 saturated carbocycles. The van der Waals surface area contributed by atoms with E-state index in [9.17, 15) is 4.79 Å². The van der Waals surface area contributed by atoms with Gasteiger partial charge in [-0.25, -0.2) is 4.79 Å². The minimum absolute atomic E-state index is 0.209. The van der Waals surface area contributed by atoms with Crippen molar-refractivity contribution in [3.63, 3.8) is 0 Å². The molecule has 0 bridgehead atoms. The summed E-state index contributed by atoms with van der Waals surface area (Å²) in [4.78, 5) is 11.9. The molecule has 0 unspecified atom stereocenters. The maximum Gasteiger partial charge on any atom is 0.342 e. The smallest absolute Gasteiger partial charge is 0.342 e. The Bertz CT molecular complexity index is 406. The van der Waals surface area contributed by atoms with Crippen LogP contribution in [0.3, 0.4) is 0 Å². The molecule has 106 valence electrons. The molecule has 1 aromatic carbocycles. The molecule has 0 heterocycles. The van der Waals surface area contributed by atoms with Crippen LogP contribution in [-0.2, 0) is 4.74 Å². The van der Waals surface area contributed by atoms with Crippen LogP contribution in [0.2, 0.25) is 0 Å². The Kier molecular flexibility index (Phi) is 6.74. The average molecular weight is 267 g/mol. The van der Waals surface area contributed by atoms with Gasteiger partial charge in [-0.15, -0.1) is 0 Å². The number of aliphatic hydroxyl groups excluding tert-OH is 1. The van der Waals surface area contributed by atoms with Crippen molar-refractivity contribution in [2.45, 2.75) is 25.7 Å². The predicted molar refractivity (Wildman–Crippen MR) is 73.2 cm³/mol. The molecular formula is C14H21NO4. The molecule has 0 aliphatic rings. The van der Waals surface area contributed by atoms with Gasteiger partial charge in [0.1, 0.15) is 5.56 Å². The minimum atomic E-state index is -0.425. The van der Waals surface area contributed by atoms with Crippen LogP contribution in [0.1, 0.15) is 36.0 Å². The summed E-state index contributed by atoms with van der Waals surface area (Å²) in [6.07, 6.45) is 3.45. The number of aliphatic hydroxyl groups is 1. The van der Waals surface area contributed by atoms with Gasteiger partial charge in [-0.05, 0) is 31.4 Å². The maximum absolute atomic E-state index is 11.9. The van der Waals surface area contributed by atoms with Crippen molar-refractivity contribution in [2.24, 2.45) is 0 Å². The van der Waals surface area contributed by atoms with E-state index in [2.05, 4.69) is 0 Å². The average Bonchev–Trinajstić information content (AvgIpc) is 2.42. The van der Waals surface area contributed by atoms with Crippen LogP contribution < -0.4 is 10.5 Å². The van der Waals surface area contributed by atoms with E-state index in [1.165, 1.54) is 7.11 Å². The van der Waals surface area contributed by atoms with Gasteiger partial charge in [-0.2, -0.15) is 0 Å². The molecule has 0 aliphatic carbocycles. The quantitative estimate of drug-likeness (QED) is 0.427. The zero-order chi connectivity index (χ0) is 14.1. The first kappa shape index (κ1) is 15.3. The minimum Gasteiger partial charge on any atom is -0.494 e. The SMILES string of the molecule is COc1c(N)cccc1C(=O)OCCCCCCO. The highest BCUT2D eigenvalue weighted by atomic mass is 16.5. The number of ether oxygens (including phenoxy) is 2. The van der Waals surface area contributed by atoms with Crippen molar-refractivity contribution in [1.29, 1.82) is 0 Å². The van der Waals surface area contributed by atoms with Crippen molar-refractivity contribution < 1.29 is 19.4 Å². The highest BCUT2D eigenvalue weighted by molar-refractivity contribution is 5.94. The lowest BCUT2D eigenvalue weighted by Gasteiger charge is -2.10. The zero-order valence-corrected chi connectivity index (χ0v) is 11.2. The lowest BCUT2D eigenvalue weighted by molar-refractivity contribution is 0.0493. The monoisotopic (exact) mass is 267 g/mol. The van der Waals surface area contributed by atoms with E-state index < -0.39 is 5.97 Å². The van der Waals surface area contributed by atoms with E-state index in [4.69, 9.17) is 20.3 Å². The second-order valence-electron chi connectivity index (χ2n) is 4.20. The van der Waals surface area contributed by atoms with E-state index in [1.54, 1.807) is 18.2 Å². The topological polar surface area (TPSA) is 81.8 Å². The van der Waals surface area contributed by atoms with Crippen molar-refractivity contribution in [3.8, 4) is 5.75 Å². The van der Waals surface area contributed by atoms with E-state index in [0.717, 1.165) is 25.7 Å². The zero-order valence-electron chi connectivity index (χ0n) is 11.2. The normalized spacial score (nSPS) is 10.2. The molecule has 0 amide bonds. The van der Waals surface area contributed by atoms with Crippen LogP contribution in [-0.4, -0.2) is 31.4 Å². The number of methoxy groups -OCH3 is 1. The standard InChI is InChI=1S/C14H21NO4/c1-18-13-11(7-6-8-12(13)15)14(17)19-10-5-3-2-4-9-16/h6-8,16H,2-5,9-10,15H2,1H3. The Morgan fingerprint density at radius 3 is 2.68 bits per heavy atom. The third-order valence-corrected chi connectivity index (χ3v) is 2.76. The summed E-state index contributed by atoms with van der Waals surface area (Å²) in [6, 6.07) is 4.99. The van der Waals surface area contributed by atoms with Crippen LogP contribution in [0.25, 0.3) is 0 Å². The fourth-order valence-electron chi connectivity index (χ4n) is 1.75. The van der Waals surface area contributed by atoms with Crippen molar-refractivity contribution in [1.82, 2.24) is 0 Å². The van der Waals surface area contributed by atoms with Crippen LogP contribution in [0, 0.1) is 0 Å². The van der Waals surface area contributed by atoms with Gasteiger partial charge in [0.15, 0.2) is 5.75 Å². The first-order chi connectivity index (χ1) is 9.20. The molecule has 5 nitrogen and oxygen atoms in total. The van der Waals surface area contributed by atoms with Gasteiger partial charge < -0.3 is 20.3 Å². The molecular weight excluding hydrogens is 246 g/mol. The highest BCUT2D eigenvalue weighted by Crippen LogP contribution is 2.26. The number of hydrogen-bond donors (Lipinski definition) is 2. The lowest BCUT2D eigenvalue weighted by Crippen LogP contribution is -2.09. The van der Waals surface area contributed by atoms with Crippen molar-refractivity contribution in [2.75, 3.05) is 26.1 Å². The van der Waals surface area contributed by atoms with Crippen LogP contribution in [0.15, 0.2) is 18.2 Å². The van der Waals surface area contributed by atoms with Gasteiger partial charge in [0.05, 0.1) is 19.4 Å². The van der Waals surface area contributed by atoms with E-state index >= 15 is 0 Å². The molecule has 1 rings (SSSR count). The summed E-state index contributed by atoms with van der Waals surface area (Å²) in [7, 11) is 1.47. The summed E-state index contributed by atoms with van der Waals surface area (Å²) in [5.41, 5.74) is 6.48. The summed E-state index contributed by atoms with van der Waals surface area (Å²) in [6.45, 7) is 0.572. The summed E-state index contributed by atoms with van der Waals surface area (Å²) in [5.74, 6) is -0.0703. The fraction of sp³-hybridized carbons (Fsp3) is 0.500. The van der Waals surface area contributed by atoms with Gasteiger partial charge in [0.25, 0.3) is 0 Å². The van der Waals surface area contributed by atoms with Gasteiger partial charge in [-0.3, -0.25) is 0 Å². The molecule has 3 N–H and O–H groups in total. The Hall–Kier alpha value is -1.75. The lowest BCUT2D eigenvalue weighted by atomic mass is 10.1. The number of hydrogen-bond acceptors (Lipinski definition) is 5. The molecule has 0 saturated heterocycles. The van der Waals surface area contributed by atoms with Gasteiger partial charge in [-0.1, -0.05) is 12.5 Å². The largest absolute Gasteiger partial charge is 0.494 e. The number of rotatable bonds is 8. The summed E-state index contributed by atoms with van der Waals surface area (Å²) in [5, 5.41) is 8.63. The van der Waals surface area contributed by atoms with Crippen LogP contribution in [0.4, 0.5) is 5.69 Å². The molecule has 0 aromatic heterocycles. The number of nitrogen functional groups attached to an aromatic ring is 1. The molecule has 0 atom stereocenters. The predicted octanol–water partition coefficient (Wildman–Crippen LogP) is 1.99. The fourth-order valence-corrected chi connectivity index (χ4v) is 1.75. The molecule has 5 heteroatoms. The van der Waals surface area contributed by atoms with E-state index in [-0.39, 0.29) is 6.61 Å². The first-order valence-corrected chi connectivity index (χ1v) is 6.41. The van der Waals surface area contributed by atoms with Gasteiger partial charge >= 0.3 is 5.97 Å².